The van der Waals surface area contributed by atoms with Crippen LogP contribution >= 0.6 is 7.82 Å². The standard InChI is InChI=1S/C28H30NO6P/c1-3-5-14-33-36(30,34-15-6-4-2)35-26-17-24(22-13-9-11-20-10-7-8-12-21(20)22)29-25-18-28-27(16-23(25)26)31-19-32-28/h7-13,16-18H,3-6,14-15,19H2,1-2H3. The molecular weight excluding hydrogens is 477 g/mol. The summed E-state index contributed by atoms with van der Waals surface area (Å²) in [6.45, 7) is 4.79. The molecule has 0 spiro atoms. The van der Waals surface area contributed by atoms with E-state index in [0.717, 1.165) is 42.0 Å². The smallest absolute Gasteiger partial charge is 0.454 e. The van der Waals surface area contributed by atoms with E-state index in [2.05, 4.69) is 18.2 Å². The van der Waals surface area contributed by atoms with Crippen LogP contribution in [0.3, 0.4) is 0 Å². The van der Waals surface area contributed by atoms with Gasteiger partial charge in [-0.05, 0) is 29.7 Å². The first kappa shape index (κ1) is 24.6. The number of aromatic nitrogens is 1. The molecule has 0 atom stereocenters. The Balaban J connectivity index is 1.63. The predicted octanol–water partition coefficient (Wildman–Crippen LogP) is 7.90. The zero-order valence-electron chi connectivity index (χ0n) is 20.6. The summed E-state index contributed by atoms with van der Waals surface area (Å²) in [4.78, 5) is 4.93. The van der Waals surface area contributed by atoms with Crippen molar-refractivity contribution in [3.05, 3.63) is 60.7 Å². The third kappa shape index (κ3) is 5.19. The lowest BCUT2D eigenvalue weighted by Gasteiger charge is -2.20. The van der Waals surface area contributed by atoms with Gasteiger partial charge in [-0.1, -0.05) is 69.2 Å². The number of pyridine rings is 1. The van der Waals surface area contributed by atoms with Crippen molar-refractivity contribution in [2.45, 2.75) is 39.5 Å². The molecule has 0 aliphatic carbocycles. The van der Waals surface area contributed by atoms with Crippen LogP contribution in [0, 0.1) is 0 Å². The van der Waals surface area contributed by atoms with Gasteiger partial charge in [-0.15, -0.1) is 0 Å². The van der Waals surface area contributed by atoms with E-state index in [0.29, 0.717) is 33.8 Å². The van der Waals surface area contributed by atoms with Crippen LogP contribution < -0.4 is 14.0 Å². The van der Waals surface area contributed by atoms with Gasteiger partial charge in [0.05, 0.1) is 24.4 Å². The average molecular weight is 508 g/mol. The number of phosphoric ester groups is 1. The molecule has 0 N–H and O–H groups in total. The first-order valence-electron chi connectivity index (χ1n) is 12.4. The summed E-state index contributed by atoms with van der Waals surface area (Å²) in [5.74, 6) is 1.55. The van der Waals surface area contributed by atoms with E-state index in [9.17, 15) is 4.57 Å². The average Bonchev–Trinajstić information content (AvgIpc) is 3.35. The molecule has 0 bridgehead atoms. The maximum Gasteiger partial charge on any atom is 0.530 e. The Morgan fingerprint density at radius 1 is 0.861 bits per heavy atom. The van der Waals surface area contributed by atoms with Gasteiger partial charge >= 0.3 is 7.82 Å². The van der Waals surface area contributed by atoms with Crippen molar-refractivity contribution >= 4 is 29.5 Å². The monoisotopic (exact) mass is 507 g/mol. The molecular formula is C28H30NO6P. The molecule has 0 saturated carbocycles. The lowest BCUT2D eigenvalue weighted by Crippen LogP contribution is -2.05. The summed E-state index contributed by atoms with van der Waals surface area (Å²) in [5.41, 5.74) is 2.25. The van der Waals surface area contributed by atoms with Crippen molar-refractivity contribution in [3.8, 4) is 28.5 Å². The molecule has 7 nitrogen and oxygen atoms in total. The molecule has 3 aromatic carbocycles. The molecule has 8 heteroatoms. The fourth-order valence-electron chi connectivity index (χ4n) is 4.10. The Labute approximate surface area is 210 Å². The van der Waals surface area contributed by atoms with Crippen molar-refractivity contribution in [1.29, 1.82) is 0 Å². The first-order valence-corrected chi connectivity index (χ1v) is 13.9. The third-order valence-electron chi connectivity index (χ3n) is 6.04. The van der Waals surface area contributed by atoms with Crippen LogP contribution in [0.25, 0.3) is 32.9 Å². The van der Waals surface area contributed by atoms with Crippen LogP contribution in [-0.4, -0.2) is 25.0 Å². The number of nitrogens with zero attached hydrogens (tertiary/aromatic N) is 1. The molecule has 1 aliphatic heterocycles. The van der Waals surface area contributed by atoms with Crippen molar-refractivity contribution in [2.24, 2.45) is 0 Å². The van der Waals surface area contributed by atoms with E-state index in [1.165, 1.54) is 0 Å². The quantitative estimate of drug-likeness (QED) is 0.151. The molecule has 0 saturated heterocycles. The van der Waals surface area contributed by atoms with E-state index in [-0.39, 0.29) is 20.0 Å². The summed E-state index contributed by atoms with van der Waals surface area (Å²) >= 11 is 0. The molecule has 0 radical (unpaired) electrons. The lowest BCUT2D eigenvalue weighted by atomic mass is 10.0. The second-order valence-electron chi connectivity index (χ2n) is 8.67. The Bertz CT molecular complexity index is 1400. The molecule has 5 rings (SSSR count). The maximum atomic E-state index is 13.7. The van der Waals surface area contributed by atoms with Gasteiger partial charge in [0.25, 0.3) is 0 Å². The summed E-state index contributed by atoms with van der Waals surface area (Å²) in [7, 11) is -3.88. The summed E-state index contributed by atoms with van der Waals surface area (Å²) in [6.07, 6.45) is 3.31. The summed E-state index contributed by atoms with van der Waals surface area (Å²) in [5, 5.41) is 2.79. The van der Waals surface area contributed by atoms with Gasteiger partial charge < -0.3 is 14.0 Å². The number of hydrogen-bond donors (Lipinski definition) is 0. The number of benzene rings is 3. The number of fused-ring (bicyclic) bond motifs is 3. The molecule has 1 aromatic heterocycles. The third-order valence-corrected chi connectivity index (χ3v) is 7.45. The molecule has 1 aliphatic rings. The van der Waals surface area contributed by atoms with Crippen LogP contribution in [0.4, 0.5) is 0 Å². The van der Waals surface area contributed by atoms with Crippen molar-refractivity contribution in [3.63, 3.8) is 0 Å². The zero-order chi connectivity index (χ0) is 25.0. The van der Waals surface area contributed by atoms with Gasteiger partial charge in [0, 0.05) is 23.1 Å². The van der Waals surface area contributed by atoms with Gasteiger partial charge in [-0.2, -0.15) is 0 Å². The van der Waals surface area contributed by atoms with Crippen LogP contribution in [0.2, 0.25) is 0 Å². The molecule has 188 valence electrons. The Morgan fingerprint density at radius 3 is 2.31 bits per heavy atom. The largest absolute Gasteiger partial charge is 0.530 e. The number of phosphoric acid groups is 1. The molecule has 0 amide bonds. The highest BCUT2D eigenvalue weighted by molar-refractivity contribution is 7.48. The maximum absolute atomic E-state index is 13.7. The molecule has 36 heavy (non-hydrogen) atoms. The van der Waals surface area contributed by atoms with E-state index >= 15 is 0 Å². The minimum Gasteiger partial charge on any atom is -0.454 e. The Morgan fingerprint density at radius 2 is 1.56 bits per heavy atom. The highest BCUT2D eigenvalue weighted by atomic mass is 31.2. The van der Waals surface area contributed by atoms with Crippen LogP contribution in [0.15, 0.2) is 60.7 Å². The number of rotatable bonds is 11. The highest BCUT2D eigenvalue weighted by Gasteiger charge is 2.30. The second kappa shape index (κ2) is 10.9. The van der Waals surface area contributed by atoms with Gasteiger partial charge in [-0.3, -0.25) is 9.05 Å². The Hall–Kier alpha value is -3.12. The van der Waals surface area contributed by atoms with Crippen LogP contribution in [-0.2, 0) is 13.6 Å². The van der Waals surface area contributed by atoms with E-state index in [4.69, 9.17) is 28.0 Å². The SMILES string of the molecule is CCCCOP(=O)(OCCCC)Oc1cc(-c2cccc3ccccc23)nc2cc3c(cc12)OCO3. The number of ether oxygens (including phenoxy) is 2. The fourth-order valence-corrected chi connectivity index (χ4v) is 5.38. The van der Waals surface area contributed by atoms with Crippen molar-refractivity contribution in [2.75, 3.05) is 20.0 Å². The van der Waals surface area contributed by atoms with Crippen LogP contribution in [0.1, 0.15) is 39.5 Å². The minimum absolute atomic E-state index is 0.136. The van der Waals surface area contributed by atoms with Crippen LogP contribution in [0.5, 0.6) is 17.2 Å². The van der Waals surface area contributed by atoms with Gasteiger partial charge in [0.2, 0.25) is 6.79 Å². The van der Waals surface area contributed by atoms with Gasteiger partial charge in [0.1, 0.15) is 5.75 Å². The molecule has 0 unspecified atom stereocenters. The van der Waals surface area contributed by atoms with Crippen molar-refractivity contribution < 1.29 is 27.6 Å². The predicted molar refractivity (Wildman–Crippen MR) is 141 cm³/mol. The minimum atomic E-state index is -3.88. The molecule has 4 aromatic rings. The number of unbranched alkanes of at least 4 members (excludes halogenated alkanes) is 2. The van der Waals surface area contributed by atoms with E-state index in [1.54, 1.807) is 12.1 Å². The number of hydrogen-bond acceptors (Lipinski definition) is 7. The molecule has 2 heterocycles. The van der Waals surface area contributed by atoms with E-state index in [1.807, 2.05) is 44.2 Å². The topological polar surface area (TPSA) is 76.1 Å². The second-order valence-corrected chi connectivity index (χ2v) is 10.3. The fraction of sp³-hybridized carbons (Fsp3) is 0.321. The Kier molecular flexibility index (Phi) is 7.42. The molecule has 0 fully saturated rings. The first-order chi connectivity index (χ1) is 17.6. The zero-order valence-corrected chi connectivity index (χ0v) is 21.5. The van der Waals surface area contributed by atoms with Crippen molar-refractivity contribution in [1.82, 2.24) is 4.98 Å². The van der Waals surface area contributed by atoms with E-state index < -0.39 is 7.82 Å². The van der Waals surface area contributed by atoms with Gasteiger partial charge in [0.15, 0.2) is 11.5 Å². The van der Waals surface area contributed by atoms with Gasteiger partial charge in [-0.25, -0.2) is 9.55 Å². The summed E-state index contributed by atoms with van der Waals surface area (Å²) in [6, 6.07) is 19.6. The lowest BCUT2D eigenvalue weighted by molar-refractivity contribution is 0.152. The summed E-state index contributed by atoms with van der Waals surface area (Å²) < 4.78 is 42.4. The highest BCUT2D eigenvalue weighted by Crippen LogP contribution is 2.52. The normalized spacial score (nSPS) is 12.9.